The molecule has 0 aliphatic carbocycles. The van der Waals surface area contributed by atoms with Crippen LogP contribution in [0.25, 0.3) is 0 Å². The Morgan fingerprint density at radius 3 is 1.10 bits per heavy atom. The van der Waals surface area contributed by atoms with Crippen LogP contribution in [0.2, 0.25) is 0 Å². The molecule has 0 saturated carbocycles. The Morgan fingerprint density at radius 2 is 0.719 bits per heavy atom. The van der Waals surface area contributed by atoms with Gasteiger partial charge in [0.1, 0.15) is 19.3 Å². The first-order valence-electron chi connectivity index (χ1n) is 36.8. The number of carbonyl (C=O) groups excluding carboxylic acids is 2. The number of nitrogens with zero attached hydrogens (tertiary/aromatic N) is 1. The van der Waals surface area contributed by atoms with E-state index in [1.165, 1.54) is 148 Å². The van der Waals surface area contributed by atoms with E-state index in [0.29, 0.717) is 23.9 Å². The Balaban J connectivity index is 5.10. The molecule has 3 atom stereocenters. The predicted octanol–water partition coefficient (Wildman–Crippen LogP) is 23.2. The third-order valence-corrected chi connectivity index (χ3v) is 16.8. The summed E-state index contributed by atoms with van der Waals surface area (Å²) < 4.78 is 30.5. The first kappa shape index (κ1) is 85.4. The zero-order valence-corrected chi connectivity index (χ0v) is 59.5. The lowest BCUT2D eigenvalue weighted by molar-refractivity contribution is -0.870. The molecule has 89 heavy (non-hydrogen) atoms. The molecule has 0 heterocycles. The van der Waals surface area contributed by atoms with E-state index >= 15 is 0 Å². The first-order chi connectivity index (χ1) is 43.4. The van der Waals surface area contributed by atoms with Crippen molar-refractivity contribution in [3.63, 3.8) is 0 Å². The molecule has 0 aliphatic heterocycles. The molecule has 0 aromatic carbocycles. The minimum Gasteiger partial charge on any atom is -0.756 e. The maximum absolute atomic E-state index is 13.6. The minimum atomic E-state index is -4.72. The fraction of sp³-hybridized carbons (Fsp3) is 0.722. The summed E-state index contributed by atoms with van der Waals surface area (Å²) in [4.78, 5) is 40.3. The minimum absolute atomic E-state index is 0.0301. The summed E-state index contributed by atoms with van der Waals surface area (Å²) in [6.45, 7) is 6.71. The summed E-state index contributed by atoms with van der Waals surface area (Å²) >= 11 is 0. The Labute approximate surface area is 550 Å². The summed E-state index contributed by atoms with van der Waals surface area (Å²) in [5.74, 6) is -0.556. The molecule has 0 fully saturated rings. The number of phosphoric ester groups is 1. The monoisotopic (exact) mass is 1260 g/mol. The number of ether oxygens (including phenoxy) is 1. The van der Waals surface area contributed by atoms with E-state index < -0.39 is 26.6 Å². The second kappa shape index (κ2) is 67.3. The molecule has 10 heteroatoms. The quantitative estimate of drug-likeness (QED) is 0.0212. The van der Waals surface area contributed by atoms with Gasteiger partial charge in [-0.3, -0.25) is 14.2 Å². The second-order valence-corrected chi connectivity index (χ2v) is 27.1. The predicted molar refractivity (Wildman–Crippen MR) is 385 cm³/mol. The first-order valence-corrected chi connectivity index (χ1v) is 38.3. The standard InChI is InChI=1S/C79H139N2O7P/c1-7-10-13-16-19-22-25-28-30-32-34-36-38-39-40-41-43-44-46-48-50-53-56-59-62-65-68-71-78(82)80-76(75-87-89(84,85)86-74-73-81(4,5)6)77(70-67-64-61-58-55-52-27-24-21-18-15-12-9-3)88-79(83)72-69-66-63-60-57-54-51-49-47-45-42-37-35-33-31-29-26-23-20-17-14-11-8-2/h10,13,19-20,22-23,28-31,34-37,39-40,45,47,67,70,76-77H,7-9,11-12,14-18,21,24-27,32-33,38,41-44,46,48-66,68-69,71-75H2,1-6H3,(H-,80,82,84,85)/b13-10-,22-19-,23-20-,30-28-,31-29-,36-34-,37-35-,40-39-,47-45-,70-67-. The average molecular weight is 1260 g/mol. The van der Waals surface area contributed by atoms with Crippen LogP contribution < -0.4 is 10.2 Å². The average Bonchev–Trinajstić information content (AvgIpc) is 3.65. The fourth-order valence-corrected chi connectivity index (χ4v) is 11.0. The molecule has 1 amide bonds. The number of phosphoric acid groups is 1. The van der Waals surface area contributed by atoms with Crippen LogP contribution in [-0.2, 0) is 27.9 Å². The number of quaternary nitrogens is 1. The highest BCUT2D eigenvalue weighted by Gasteiger charge is 2.27. The number of rotatable bonds is 66. The summed E-state index contributed by atoms with van der Waals surface area (Å²) in [7, 11) is 1.17. The highest BCUT2D eigenvalue weighted by atomic mass is 31.2. The summed E-state index contributed by atoms with van der Waals surface area (Å²) in [6, 6.07) is -0.904. The van der Waals surface area contributed by atoms with Gasteiger partial charge in [-0.2, -0.15) is 0 Å². The maximum Gasteiger partial charge on any atom is 0.306 e. The molecule has 9 nitrogen and oxygen atoms in total. The van der Waals surface area contributed by atoms with E-state index in [-0.39, 0.29) is 24.9 Å². The number of unbranched alkanes of at least 4 members (excludes halogenated alkanes) is 32. The second-order valence-electron chi connectivity index (χ2n) is 25.7. The zero-order chi connectivity index (χ0) is 64.9. The number of hydrogen-bond acceptors (Lipinski definition) is 7. The molecule has 0 aromatic rings. The van der Waals surface area contributed by atoms with Crippen molar-refractivity contribution in [2.24, 2.45) is 0 Å². The van der Waals surface area contributed by atoms with Crippen molar-refractivity contribution in [3.8, 4) is 0 Å². The lowest BCUT2D eigenvalue weighted by Gasteiger charge is -2.30. The summed E-state index contributed by atoms with van der Waals surface area (Å²) in [5, 5.41) is 3.04. The third-order valence-electron chi connectivity index (χ3n) is 15.9. The van der Waals surface area contributed by atoms with E-state index in [1.807, 2.05) is 33.3 Å². The van der Waals surface area contributed by atoms with Crippen LogP contribution in [0.1, 0.15) is 316 Å². The Bertz CT molecular complexity index is 1940. The van der Waals surface area contributed by atoms with Crippen molar-refractivity contribution in [3.05, 3.63) is 122 Å². The zero-order valence-electron chi connectivity index (χ0n) is 58.6. The van der Waals surface area contributed by atoms with E-state index in [4.69, 9.17) is 13.8 Å². The number of likely N-dealkylation sites (N-methyl/N-ethyl adjacent to an activating group) is 1. The molecule has 0 aliphatic rings. The molecular formula is C79H139N2O7P. The van der Waals surface area contributed by atoms with E-state index in [0.717, 1.165) is 128 Å². The molecule has 0 bridgehead atoms. The van der Waals surface area contributed by atoms with Crippen LogP contribution in [0.4, 0.5) is 0 Å². The largest absolute Gasteiger partial charge is 0.756 e. The SMILES string of the molecule is CC/C=C\C/C=C\C/C=C\C/C=C\C/C=C\CCCCCCCCCCCCCC(=O)NC(COP(=O)([O-])OCC[N+](C)(C)C)C(/C=C\CCCCCCCCCCCCC)OC(=O)CCCCCCCCC/C=C\C/C=C\C/C=C\C/C=C\CCCCC. The number of allylic oxidation sites excluding steroid dienone is 19. The van der Waals surface area contributed by atoms with Crippen molar-refractivity contribution in [1.82, 2.24) is 5.32 Å². The number of carbonyl (C=O) groups is 2. The Hall–Kier alpha value is -3.59. The van der Waals surface area contributed by atoms with Gasteiger partial charge in [0.05, 0.1) is 33.8 Å². The molecule has 512 valence electrons. The topological polar surface area (TPSA) is 114 Å². The van der Waals surface area contributed by atoms with E-state index in [2.05, 4.69) is 135 Å². The Kier molecular flexibility index (Phi) is 64.6. The van der Waals surface area contributed by atoms with Gasteiger partial charge in [-0.25, -0.2) is 0 Å². The molecule has 0 rings (SSSR count). The molecule has 1 N–H and O–H groups in total. The van der Waals surface area contributed by atoms with Gasteiger partial charge in [0.15, 0.2) is 0 Å². The number of nitrogens with one attached hydrogen (secondary N) is 1. The van der Waals surface area contributed by atoms with Crippen LogP contribution in [0.5, 0.6) is 0 Å². The smallest absolute Gasteiger partial charge is 0.306 e. The molecule has 0 radical (unpaired) electrons. The van der Waals surface area contributed by atoms with Crippen molar-refractivity contribution in [1.29, 1.82) is 0 Å². The lowest BCUT2D eigenvalue weighted by Crippen LogP contribution is -2.47. The van der Waals surface area contributed by atoms with Gasteiger partial charge >= 0.3 is 5.97 Å². The van der Waals surface area contributed by atoms with Crippen LogP contribution >= 0.6 is 7.82 Å². The lowest BCUT2D eigenvalue weighted by atomic mass is 10.0. The van der Waals surface area contributed by atoms with Crippen LogP contribution in [0.15, 0.2) is 122 Å². The highest BCUT2D eigenvalue weighted by molar-refractivity contribution is 7.45. The maximum atomic E-state index is 13.6. The molecule has 0 aromatic heterocycles. The van der Waals surface area contributed by atoms with Gasteiger partial charge < -0.3 is 28.5 Å². The number of hydrogen-bond donors (Lipinski definition) is 1. The highest BCUT2D eigenvalue weighted by Crippen LogP contribution is 2.38. The third kappa shape index (κ3) is 68.6. The van der Waals surface area contributed by atoms with Gasteiger partial charge in [0.25, 0.3) is 7.82 Å². The van der Waals surface area contributed by atoms with Crippen molar-refractivity contribution >= 4 is 19.7 Å². The molecule has 0 spiro atoms. The van der Waals surface area contributed by atoms with Crippen molar-refractivity contribution in [2.45, 2.75) is 328 Å². The molecule has 3 unspecified atom stereocenters. The Morgan fingerprint density at radius 1 is 0.404 bits per heavy atom. The van der Waals surface area contributed by atoms with E-state index in [1.54, 1.807) is 0 Å². The summed E-state index contributed by atoms with van der Waals surface area (Å²) in [6.07, 6.45) is 94.6. The van der Waals surface area contributed by atoms with Gasteiger partial charge in [-0.05, 0) is 122 Å². The molecular weight excluding hydrogens is 1120 g/mol. The fourth-order valence-electron chi connectivity index (χ4n) is 10.2. The number of esters is 1. The number of amides is 1. The summed E-state index contributed by atoms with van der Waals surface area (Å²) in [5.41, 5.74) is 0. The van der Waals surface area contributed by atoms with Gasteiger partial charge in [0, 0.05) is 12.8 Å². The van der Waals surface area contributed by atoms with Crippen LogP contribution in [-0.4, -0.2) is 69.4 Å². The van der Waals surface area contributed by atoms with Crippen LogP contribution in [0, 0.1) is 0 Å². The molecule has 0 saturated heterocycles. The van der Waals surface area contributed by atoms with Gasteiger partial charge in [-0.1, -0.05) is 303 Å². The normalized spacial score (nSPS) is 14.2. The van der Waals surface area contributed by atoms with Gasteiger partial charge in [-0.15, -0.1) is 0 Å². The van der Waals surface area contributed by atoms with Crippen LogP contribution in [0.3, 0.4) is 0 Å². The van der Waals surface area contributed by atoms with E-state index in [9.17, 15) is 19.0 Å². The van der Waals surface area contributed by atoms with Crippen molar-refractivity contribution < 1.29 is 37.3 Å². The van der Waals surface area contributed by atoms with Crippen molar-refractivity contribution in [2.75, 3.05) is 40.9 Å². The van der Waals surface area contributed by atoms with Gasteiger partial charge in [0.2, 0.25) is 5.91 Å².